The number of esters is 2. The van der Waals surface area contributed by atoms with E-state index in [4.69, 9.17) is 19.3 Å². The molecule has 9 heteroatoms. The number of phosphoric acid groups is 1. The molecule has 0 aliphatic carbocycles. The molecule has 0 saturated heterocycles. The average Bonchev–Trinajstić information content (AvgIpc) is 2.78. The van der Waals surface area contributed by atoms with Crippen LogP contribution in [0.5, 0.6) is 0 Å². The lowest BCUT2D eigenvalue weighted by atomic mass is 10.1. The second-order valence-corrected chi connectivity index (χ2v) is 10.3. The van der Waals surface area contributed by atoms with Gasteiger partial charge in [-0.1, -0.05) is 104 Å². The van der Waals surface area contributed by atoms with Crippen molar-refractivity contribution in [3.63, 3.8) is 0 Å². The van der Waals surface area contributed by atoms with E-state index in [1.807, 2.05) is 0 Å². The Bertz CT molecular complexity index is 549. The highest BCUT2D eigenvalue weighted by molar-refractivity contribution is 7.46. The van der Waals surface area contributed by atoms with E-state index < -0.39 is 32.5 Å². The van der Waals surface area contributed by atoms with Gasteiger partial charge in [0.15, 0.2) is 6.10 Å². The normalized spacial score (nSPS) is 12.5. The van der Waals surface area contributed by atoms with Crippen LogP contribution in [0.25, 0.3) is 0 Å². The topological polar surface area (TPSA) is 119 Å². The number of hydrogen-bond acceptors (Lipinski definition) is 6. The highest BCUT2D eigenvalue weighted by atomic mass is 31.2. The van der Waals surface area contributed by atoms with Crippen molar-refractivity contribution in [2.75, 3.05) is 13.2 Å². The zero-order chi connectivity index (χ0) is 25.5. The maximum Gasteiger partial charge on any atom is 0.469 e. The third kappa shape index (κ3) is 24.2. The molecular weight excluding hydrogens is 459 g/mol. The molecule has 0 rings (SSSR count). The highest BCUT2D eigenvalue weighted by Crippen LogP contribution is 2.35. The highest BCUT2D eigenvalue weighted by Gasteiger charge is 2.22. The molecule has 0 aromatic rings. The fraction of sp³-hybridized carbons (Fsp3) is 0.920. The van der Waals surface area contributed by atoms with Crippen LogP contribution in [0.3, 0.4) is 0 Å². The second-order valence-electron chi connectivity index (χ2n) is 9.03. The summed E-state index contributed by atoms with van der Waals surface area (Å²) in [5.41, 5.74) is 0. The van der Waals surface area contributed by atoms with Gasteiger partial charge in [0.1, 0.15) is 6.61 Å². The standard InChI is InChI=1S/C25H49O8P/c1-3-5-7-9-11-12-13-14-16-18-20-25(27)33-23(22-32-34(28,29)30)21-31-24(26)19-17-15-10-8-6-4-2/h23H,3-22H2,1-2H3,(H2,28,29,30)/t23-/m1/s1. The van der Waals surface area contributed by atoms with Crippen LogP contribution in [-0.2, 0) is 28.2 Å². The Morgan fingerprint density at radius 3 is 1.50 bits per heavy atom. The molecule has 1 atom stereocenters. The SMILES string of the molecule is CCCCCCCCCCCCC(=O)O[C@H](COC(=O)CCCCCCCC)COP(=O)(O)O. The summed E-state index contributed by atoms with van der Waals surface area (Å²) in [4.78, 5) is 41.9. The van der Waals surface area contributed by atoms with Gasteiger partial charge in [-0.2, -0.15) is 0 Å². The Kier molecular flexibility index (Phi) is 21.9. The molecule has 202 valence electrons. The summed E-state index contributed by atoms with van der Waals surface area (Å²) in [5, 5.41) is 0. The molecule has 0 saturated carbocycles. The number of hydrogen-bond donors (Lipinski definition) is 2. The average molecular weight is 509 g/mol. The second kappa shape index (κ2) is 22.5. The molecule has 0 aromatic heterocycles. The van der Waals surface area contributed by atoms with Crippen LogP contribution in [0.4, 0.5) is 0 Å². The monoisotopic (exact) mass is 508 g/mol. The fourth-order valence-corrected chi connectivity index (χ4v) is 3.97. The lowest BCUT2D eigenvalue weighted by molar-refractivity contribution is -0.161. The van der Waals surface area contributed by atoms with E-state index in [0.29, 0.717) is 6.42 Å². The molecule has 0 spiro atoms. The van der Waals surface area contributed by atoms with Crippen molar-refractivity contribution in [3.05, 3.63) is 0 Å². The molecule has 0 aliphatic heterocycles. The number of ether oxygens (including phenoxy) is 2. The van der Waals surface area contributed by atoms with Crippen LogP contribution < -0.4 is 0 Å². The van der Waals surface area contributed by atoms with Crippen LogP contribution in [0, 0.1) is 0 Å². The molecule has 0 amide bonds. The van der Waals surface area contributed by atoms with Gasteiger partial charge in [0.25, 0.3) is 0 Å². The van der Waals surface area contributed by atoms with Crippen molar-refractivity contribution in [3.8, 4) is 0 Å². The molecule has 2 N–H and O–H groups in total. The van der Waals surface area contributed by atoms with Crippen molar-refractivity contribution < 1.29 is 37.9 Å². The first-order valence-corrected chi connectivity index (χ1v) is 14.9. The van der Waals surface area contributed by atoms with Gasteiger partial charge >= 0.3 is 19.8 Å². The van der Waals surface area contributed by atoms with Gasteiger partial charge < -0.3 is 19.3 Å². The van der Waals surface area contributed by atoms with E-state index in [9.17, 15) is 14.2 Å². The number of phosphoric ester groups is 1. The summed E-state index contributed by atoms with van der Waals surface area (Å²) in [6.07, 6.45) is 17.2. The Morgan fingerprint density at radius 2 is 1.06 bits per heavy atom. The van der Waals surface area contributed by atoms with E-state index in [2.05, 4.69) is 18.4 Å². The molecule has 0 aliphatic rings. The van der Waals surface area contributed by atoms with Crippen LogP contribution >= 0.6 is 7.82 Å². The largest absolute Gasteiger partial charge is 0.469 e. The Hall–Kier alpha value is -0.950. The predicted molar refractivity (Wildman–Crippen MR) is 133 cm³/mol. The van der Waals surface area contributed by atoms with Gasteiger partial charge in [0.05, 0.1) is 6.61 Å². The van der Waals surface area contributed by atoms with E-state index in [1.165, 1.54) is 44.9 Å². The van der Waals surface area contributed by atoms with E-state index >= 15 is 0 Å². The molecule has 8 nitrogen and oxygen atoms in total. The van der Waals surface area contributed by atoms with Crippen molar-refractivity contribution >= 4 is 19.8 Å². The van der Waals surface area contributed by atoms with Crippen LogP contribution in [-0.4, -0.2) is 41.0 Å². The number of carbonyl (C=O) groups is 2. The van der Waals surface area contributed by atoms with Gasteiger partial charge in [0, 0.05) is 12.8 Å². The molecule has 34 heavy (non-hydrogen) atoms. The van der Waals surface area contributed by atoms with Gasteiger partial charge in [-0.05, 0) is 12.8 Å². The minimum Gasteiger partial charge on any atom is -0.462 e. The Morgan fingerprint density at radius 1 is 0.647 bits per heavy atom. The third-order valence-electron chi connectivity index (χ3n) is 5.63. The number of carbonyl (C=O) groups excluding carboxylic acids is 2. The summed E-state index contributed by atoms with van der Waals surface area (Å²) >= 11 is 0. The molecule has 0 unspecified atom stereocenters. The maximum absolute atomic E-state index is 12.1. The summed E-state index contributed by atoms with van der Waals surface area (Å²) in [6.45, 7) is 3.55. The van der Waals surface area contributed by atoms with E-state index in [1.54, 1.807) is 0 Å². The molecule has 0 fully saturated rings. The zero-order valence-electron chi connectivity index (χ0n) is 21.5. The van der Waals surface area contributed by atoms with Crippen LogP contribution in [0.15, 0.2) is 0 Å². The first-order valence-electron chi connectivity index (χ1n) is 13.3. The van der Waals surface area contributed by atoms with Gasteiger partial charge in [0.2, 0.25) is 0 Å². The van der Waals surface area contributed by atoms with Gasteiger partial charge in [-0.15, -0.1) is 0 Å². The Labute approximate surface area is 206 Å². The minimum absolute atomic E-state index is 0.217. The first kappa shape index (κ1) is 33.0. The van der Waals surface area contributed by atoms with Gasteiger partial charge in [-0.3, -0.25) is 14.1 Å². The zero-order valence-corrected chi connectivity index (χ0v) is 22.4. The molecule has 0 bridgehead atoms. The van der Waals surface area contributed by atoms with Crippen LogP contribution in [0.2, 0.25) is 0 Å². The van der Waals surface area contributed by atoms with E-state index in [-0.39, 0.29) is 19.4 Å². The number of rotatable bonds is 24. The third-order valence-corrected chi connectivity index (χ3v) is 6.11. The maximum atomic E-state index is 12.1. The fourth-order valence-electron chi connectivity index (χ4n) is 3.61. The lowest BCUT2D eigenvalue weighted by Gasteiger charge is -2.18. The van der Waals surface area contributed by atoms with Crippen molar-refractivity contribution in [2.45, 2.75) is 136 Å². The van der Waals surface area contributed by atoms with Crippen molar-refractivity contribution in [2.24, 2.45) is 0 Å². The predicted octanol–water partition coefficient (Wildman–Crippen LogP) is 6.61. The molecular formula is C25H49O8P. The van der Waals surface area contributed by atoms with Crippen LogP contribution in [0.1, 0.15) is 129 Å². The first-order chi connectivity index (χ1) is 16.3. The summed E-state index contributed by atoms with van der Waals surface area (Å²) < 4.78 is 25.9. The van der Waals surface area contributed by atoms with Gasteiger partial charge in [-0.25, -0.2) is 4.57 Å². The Balaban J connectivity index is 4.10. The minimum atomic E-state index is -4.72. The van der Waals surface area contributed by atoms with Crippen molar-refractivity contribution in [1.82, 2.24) is 0 Å². The quantitative estimate of drug-likeness (QED) is 0.0849. The molecule has 0 aromatic carbocycles. The summed E-state index contributed by atoms with van der Waals surface area (Å²) in [7, 11) is -4.72. The summed E-state index contributed by atoms with van der Waals surface area (Å²) in [5.74, 6) is -0.895. The van der Waals surface area contributed by atoms with Crippen molar-refractivity contribution in [1.29, 1.82) is 0 Å². The number of unbranched alkanes of at least 4 members (excludes halogenated alkanes) is 14. The smallest absolute Gasteiger partial charge is 0.462 e. The molecule has 0 radical (unpaired) electrons. The molecule has 0 heterocycles. The summed E-state index contributed by atoms with van der Waals surface area (Å²) in [6, 6.07) is 0. The lowest BCUT2D eigenvalue weighted by Crippen LogP contribution is -2.29. The van der Waals surface area contributed by atoms with E-state index in [0.717, 1.165) is 51.4 Å².